The topological polar surface area (TPSA) is 37.3 Å². The summed E-state index contributed by atoms with van der Waals surface area (Å²) in [5.74, 6) is -0.833. The van der Waals surface area contributed by atoms with E-state index in [0.717, 1.165) is 6.92 Å². The number of hydrogen-bond donors (Lipinski definition) is 1. The molecular formula is C15H30O2. The van der Waals surface area contributed by atoms with Gasteiger partial charge < -0.3 is 5.11 Å². The Morgan fingerprint density at radius 2 is 1.35 bits per heavy atom. The van der Waals surface area contributed by atoms with Crippen LogP contribution < -0.4 is 0 Å². The number of carbonyl (C=O) groups is 1. The van der Waals surface area contributed by atoms with Crippen LogP contribution in [0, 0.1) is 0 Å². The summed E-state index contributed by atoms with van der Waals surface area (Å²) in [5, 5.41) is 7.42. The molecule has 0 rings (SSSR count). The first-order valence-corrected chi connectivity index (χ1v) is 6.99. The van der Waals surface area contributed by atoms with E-state index < -0.39 is 5.97 Å². The lowest BCUT2D eigenvalue weighted by Crippen LogP contribution is -1.78. The first-order chi connectivity index (χ1) is 8.15. The van der Waals surface area contributed by atoms with Crippen LogP contribution in [0.1, 0.15) is 78.6 Å². The van der Waals surface area contributed by atoms with E-state index in [2.05, 4.69) is 26.0 Å². The van der Waals surface area contributed by atoms with Crippen molar-refractivity contribution in [1.82, 2.24) is 0 Å². The van der Waals surface area contributed by atoms with Gasteiger partial charge in [-0.1, -0.05) is 64.5 Å². The lowest BCUT2D eigenvalue weighted by Gasteiger charge is -1.97. The molecule has 0 spiro atoms. The summed E-state index contributed by atoms with van der Waals surface area (Å²) < 4.78 is 0. The average Bonchev–Trinajstić information content (AvgIpc) is 2.26. The molecule has 0 fully saturated rings. The quantitative estimate of drug-likeness (QED) is 0.446. The monoisotopic (exact) mass is 242 g/mol. The number of carboxylic acids is 1. The van der Waals surface area contributed by atoms with Gasteiger partial charge in [0.1, 0.15) is 0 Å². The second kappa shape index (κ2) is 17.6. The maximum Gasteiger partial charge on any atom is 0.300 e. The molecule has 0 aromatic heterocycles. The van der Waals surface area contributed by atoms with Crippen LogP contribution >= 0.6 is 0 Å². The van der Waals surface area contributed by atoms with Crippen LogP contribution in [-0.4, -0.2) is 11.1 Å². The second-order valence-corrected chi connectivity index (χ2v) is 4.34. The highest BCUT2D eigenvalue weighted by atomic mass is 16.4. The minimum atomic E-state index is -0.833. The molecular weight excluding hydrogens is 212 g/mol. The highest BCUT2D eigenvalue weighted by Gasteiger charge is 1.87. The van der Waals surface area contributed by atoms with Gasteiger partial charge in [0.05, 0.1) is 0 Å². The molecule has 102 valence electrons. The van der Waals surface area contributed by atoms with E-state index in [9.17, 15) is 0 Å². The Hall–Kier alpha value is -0.790. The molecule has 0 radical (unpaired) electrons. The van der Waals surface area contributed by atoms with Gasteiger partial charge in [-0.05, 0) is 19.3 Å². The van der Waals surface area contributed by atoms with Gasteiger partial charge in [0.2, 0.25) is 0 Å². The molecule has 0 saturated heterocycles. The summed E-state index contributed by atoms with van der Waals surface area (Å²) in [5.41, 5.74) is 0. The molecule has 2 heteroatoms. The van der Waals surface area contributed by atoms with Gasteiger partial charge in [-0.2, -0.15) is 0 Å². The lowest BCUT2D eigenvalue weighted by atomic mass is 10.1. The third kappa shape index (κ3) is 31.3. The summed E-state index contributed by atoms with van der Waals surface area (Å²) in [6.07, 6.45) is 17.0. The first kappa shape index (κ1) is 18.6. The summed E-state index contributed by atoms with van der Waals surface area (Å²) in [4.78, 5) is 9.00. The number of aliphatic carboxylic acids is 1. The third-order valence-electron chi connectivity index (χ3n) is 2.35. The fraction of sp³-hybridized carbons (Fsp3) is 0.800. The van der Waals surface area contributed by atoms with Gasteiger partial charge in [0, 0.05) is 6.92 Å². The maximum absolute atomic E-state index is 9.00. The highest BCUT2D eigenvalue weighted by molar-refractivity contribution is 5.62. The van der Waals surface area contributed by atoms with Crippen LogP contribution in [-0.2, 0) is 4.79 Å². The second-order valence-electron chi connectivity index (χ2n) is 4.34. The molecule has 0 heterocycles. The summed E-state index contributed by atoms with van der Waals surface area (Å²) >= 11 is 0. The van der Waals surface area contributed by atoms with Crippen LogP contribution in [0.2, 0.25) is 0 Å². The van der Waals surface area contributed by atoms with Crippen molar-refractivity contribution in [3.05, 3.63) is 12.2 Å². The zero-order valence-corrected chi connectivity index (χ0v) is 11.9. The van der Waals surface area contributed by atoms with E-state index in [1.807, 2.05) is 0 Å². The predicted octanol–water partition coefficient (Wildman–Crippen LogP) is 5.18. The molecule has 2 nitrogen and oxygen atoms in total. The predicted molar refractivity (Wildman–Crippen MR) is 75.4 cm³/mol. The summed E-state index contributed by atoms with van der Waals surface area (Å²) in [6.45, 7) is 5.59. The molecule has 0 unspecified atom stereocenters. The van der Waals surface area contributed by atoms with Gasteiger partial charge in [-0.25, -0.2) is 0 Å². The molecule has 1 N–H and O–H groups in total. The fourth-order valence-electron chi connectivity index (χ4n) is 1.44. The van der Waals surface area contributed by atoms with Crippen LogP contribution in [0.5, 0.6) is 0 Å². The number of carboxylic acid groups (broad SMARTS) is 1. The average molecular weight is 242 g/mol. The Kier molecular flexibility index (Phi) is 19.2. The van der Waals surface area contributed by atoms with Gasteiger partial charge >= 0.3 is 0 Å². The molecule has 0 aliphatic rings. The van der Waals surface area contributed by atoms with E-state index >= 15 is 0 Å². The van der Waals surface area contributed by atoms with E-state index in [-0.39, 0.29) is 0 Å². The first-order valence-electron chi connectivity index (χ1n) is 6.99. The molecule has 0 aromatic carbocycles. The van der Waals surface area contributed by atoms with Crippen molar-refractivity contribution < 1.29 is 9.90 Å². The van der Waals surface area contributed by atoms with Crippen molar-refractivity contribution in [2.45, 2.75) is 78.6 Å². The third-order valence-corrected chi connectivity index (χ3v) is 2.35. The van der Waals surface area contributed by atoms with Crippen molar-refractivity contribution in [1.29, 1.82) is 0 Å². The lowest BCUT2D eigenvalue weighted by molar-refractivity contribution is -0.134. The van der Waals surface area contributed by atoms with Crippen molar-refractivity contribution in [2.24, 2.45) is 0 Å². The Labute approximate surface area is 107 Å². The van der Waals surface area contributed by atoms with E-state index in [4.69, 9.17) is 9.90 Å². The standard InChI is InChI=1S/C13H26.C2H4O2/c1-3-5-7-9-11-13-12-10-8-6-4-2;1-2(3)4/h7,9H,3-6,8,10-13H2,1-2H3;1H3,(H,3,4)/b9-7+;. The number of unbranched alkanes of at least 4 members (excludes halogenated alkanes) is 7. The zero-order chi connectivity index (χ0) is 13.4. The Morgan fingerprint density at radius 1 is 0.882 bits per heavy atom. The van der Waals surface area contributed by atoms with E-state index in [1.54, 1.807) is 0 Å². The van der Waals surface area contributed by atoms with Crippen molar-refractivity contribution in [3.63, 3.8) is 0 Å². The number of rotatable bonds is 9. The molecule has 0 amide bonds. The summed E-state index contributed by atoms with van der Waals surface area (Å²) in [7, 11) is 0. The van der Waals surface area contributed by atoms with Crippen molar-refractivity contribution >= 4 is 5.97 Å². The van der Waals surface area contributed by atoms with E-state index in [1.165, 1.54) is 57.8 Å². The van der Waals surface area contributed by atoms with Crippen molar-refractivity contribution in [3.8, 4) is 0 Å². The Morgan fingerprint density at radius 3 is 1.88 bits per heavy atom. The van der Waals surface area contributed by atoms with Crippen LogP contribution in [0.25, 0.3) is 0 Å². The highest BCUT2D eigenvalue weighted by Crippen LogP contribution is 2.07. The van der Waals surface area contributed by atoms with Gasteiger partial charge in [-0.3, -0.25) is 4.79 Å². The molecule has 0 atom stereocenters. The SMILES string of the molecule is CC(=O)O.CCC/C=C/CCCCCCCC. The van der Waals surface area contributed by atoms with Gasteiger partial charge in [0.15, 0.2) is 0 Å². The van der Waals surface area contributed by atoms with E-state index in [0.29, 0.717) is 0 Å². The smallest absolute Gasteiger partial charge is 0.300 e. The van der Waals surface area contributed by atoms with Crippen LogP contribution in [0.4, 0.5) is 0 Å². The zero-order valence-electron chi connectivity index (χ0n) is 11.9. The maximum atomic E-state index is 9.00. The summed E-state index contributed by atoms with van der Waals surface area (Å²) in [6, 6.07) is 0. The minimum Gasteiger partial charge on any atom is -0.481 e. The molecule has 0 aromatic rings. The van der Waals surface area contributed by atoms with Gasteiger partial charge in [-0.15, -0.1) is 0 Å². The van der Waals surface area contributed by atoms with Crippen LogP contribution in [0.15, 0.2) is 12.2 Å². The normalized spacial score (nSPS) is 10.1. The van der Waals surface area contributed by atoms with Crippen LogP contribution in [0.3, 0.4) is 0 Å². The van der Waals surface area contributed by atoms with Gasteiger partial charge in [0.25, 0.3) is 5.97 Å². The largest absolute Gasteiger partial charge is 0.481 e. The molecule has 0 saturated carbocycles. The minimum absolute atomic E-state index is 0.833. The fourth-order valence-corrected chi connectivity index (χ4v) is 1.44. The molecule has 0 bridgehead atoms. The molecule has 17 heavy (non-hydrogen) atoms. The molecule has 0 aliphatic heterocycles. The number of hydrogen-bond acceptors (Lipinski definition) is 1. The number of allylic oxidation sites excluding steroid dienone is 2. The van der Waals surface area contributed by atoms with Crippen molar-refractivity contribution in [2.75, 3.05) is 0 Å². The Bertz CT molecular complexity index is 170. The Balaban J connectivity index is 0. The molecule has 0 aliphatic carbocycles.